The molecule has 1 N–H and O–H groups in total. The summed E-state index contributed by atoms with van der Waals surface area (Å²) in [5.41, 5.74) is 2.38. The second-order valence-corrected chi connectivity index (χ2v) is 5.73. The number of imidazole rings is 1. The molecule has 0 radical (unpaired) electrons. The Kier molecular flexibility index (Phi) is 3.81. The molecular weight excluding hydrogens is 330 g/mol. The van der Waals surface area contributed by atoms with E-state index in [0.29, 0.717) is 5.95 Å². The molecule has 2 aromatic carbocycles. The Morgan fingerprint density at radius 1 is 0.962 bits per heavy atom. The monoisotopic (exact) mass is 345 g/mol. The lowest BCUT2D eigenvalue weighted by atomic mass is 10.3. The summed E-state index contributed by atoms with van der Waals surface area (Å²) < 4.78 is 2.99. The second-order valence-electron chi connectivity index (χ2n) is 5.73. The number of carbonyl (C=O) groups is 1. The quantitative estimate of drug-likeness (QED) is 0.618. The fourth-order valence-corrected chi connectivity index (χ4v) is 2.74. The maximum absolute atomic E-state index is 12.6. The minimum absolute atomic E-state index is 0.138. The van der Waals surface area contributed by atoms with Crippen LogP contribution >= 0.6 is 0 Å². The maximum Gasteiger partial charge on any atom is 0.278 e. The van der Waals surface area contributed by atoms with E-state index in [1.165, 1.54) is 19.2 Å². The van der Waals surface area contributed by atoms with Crippen LogP contribution < -0.4 is 10.9 Å². The zero-order valence-electron chi connectivity index (χ0n) is 14.0. The van der Waals surface area contributed by atoms with E-state index >= 15 is 0 Å². The molecule has 0 aliphatic rings. The van der Waals surface area contributed by atoms with Crippen molar-refractivity contribution >= 4 is 22.9 Å². The molecule has 7 heteroatoms. The van der Waals surface area contributed by atoms with Gasteiger partial charge in [0.05, 0.1) is 11.0 Å². The molecule has 0 aliphatic carbocycles. The molecule has 0 fully saturated rings. The third-order valence-corrected chi connectivity index (χ3v) is 3.99. The van der Waals surface area contributed by atoms with Crippen LogP contribution in [0.5, 0.6) is 0 Å². The number of aryl methyl sites for hydroxylation is 1. The number of hydrogen-bond acceptors (Lipinski definition) is 4. The number of aromatic nitrogens is 4. The summed E-state index contributed by atoms with van der Waals surface area (Å²) in [7, 11) is 1.50. The number of nitrogens with one attached hydrogen (secondary N) is 1. The van der Waals surface area contributed by atoms with Crippen molar-refractivity contribution < 1.29 is 4.79 Å². The van der Waals surface area contributed by atoms with Gasteiger partial charge < -0.3 is 0 Å². The Balaban J connectivity index is 1.80. The highest BCUT2D eigenvalue weighted by molar-refractivity contribution is 6.02. The number of hydrogen-bond donors (Lipinski definition) is 1. The smallest absolute Gasteiger partial charge is 0.278 e. The zero-order chi connectivity index (χ0) is 18.1. The highest BCUT2D eigenvalue weighted by Crippen LogP contribution is 2.24. The number of rotatable bonds is 3. The highest BCUT2D eigenvalue weighted by atomic mass is 16.2. The van der Waals surface area contributed by atoms with Crippen LogP contribution in [0, 0.1) is 0 Å². The number of nitrogens with zero attached hydrogens (tertiary/aromatic N) is 4. The first kappa shape index (κ1) is 15.8. The third-order valence-electron chi connectivity index (χ3n) is 3.99. The number of fused-ring (bicyclic) bond motifs is 1. The fourth-order valence-electron chi connectivity index (χ4n) is 2.74. The predicted octanol–water partition coefficient (Wildman–Crippen LogP) is 2.37. The van der Waals surface area contributed by atoms with Gasteiger partial charge in [-0.3, -0.25) is 19.5 Å². The van der Waals surface area contributed by atoms with E-state index in [-0.39, 0.29) is 11.3 Å². The van der Waals surface area contributed by atoms with Crippen molar-refractivity contribution in [3.63, 3.8) is 0 Å². The zero-order valence-corrected chi connectivity index (χ0v) is 14.0. The summed E-state index contributed by atoms with van der Waals surface area (Å²) in [4.78, 5) is 28.6. The van der Waals surface area contributed by atoms with Gasteiger partial charge in [0.2, 0.25) is 5.95 Å². The van der Waals surface area contributed by atoms with Gasteiger partial charge in [-0.2, -0.15) is 5.10 Å². The van der Waals surface area contributed by atoms with Crippen molar-refractivity contribution in [1.82, 2.24) is 19.3 Å². The summed E-state index contributed by atoms with van der Waals surface area (Å²) >= 11 is 0. The lowest BCUT2D eigenvalue weighted by molar-refractivity contribution is 0.101. The van der Waals surface area contributed by atoms with Crippen molar-refractivity contribution in [3.05, 3.63) is 82.8 Å². The van der Waals surface area contributed by atoms with Crippen LogP contribution in [0.2, 0.25) is 0 Å². The van der Waals surface area contributed by atoms with Gasteiger partial charge in [0.15, 0.2) is 0 Å². The van der Waals surface area contributed by atoms with Gasteiger partial charge in [0.25, 0.3) is 11.5 Å². The molecule has 0 aliphatic heterocycles. The van der Waals surface area contributed by atoms with E-state index in [4.69, 9.17) is 0 Å². The van der Waals surface area contributed by atoms with Crippen LogP contribution in [0.15, 0.2) is 71.5 Å². The minimum Gasteiger partial charge on any atom is -0.290 e. The molecule has 4 rings (SSSR count). The third kappa shape index (κ3) is 2.75. The van der Waals surface area contributed by atoms with E-state index < -0.39 is 5.91 Å². The van der Waals surface area contributed by atoms with Crippen LogP contribution in [0.4, 0.5) is 5.95 Å². The van der Waals surface area contributed by atoms with Crippen LogP contribution in [-0.4, -0.2) is 25.2 Å². The fraction of sp³-hybridized carbons (Fsp3) is 0.0526. The molecule has 2 heterocycles. The van der Waals surface area contributed by atoms with Crippen molar-refractivity contribution in [2.45, 2.75) is 0 Å². The van der Waals surface area contributed by atoms with Crippen molar-refractivity contribution in [2.75, 3.05) is 5.32 Å². The van der Waals surface area contributed by atoms with Crippen molar-refractivity contribution in [1.29, 1.82) is 0 Å². The van der Waals surface area contributed by atoms with Crippen molar-refractivity contribution in [2.24, 2.45) is 7.05 Å². The van der Waals surface area contributed by atoms with Gasteiger partial charge in [-0.15, -0.1) is 0 Å². The average molecular weight is 345 g/mol. The number of carbonyl (C=O) groups excluding carboxylic acids is 1. The van der Waals surface area contributed by atoms with Gasteiger partial charge in [0.1, 0.15) is 5.69 Å². The highest BCUT2D eigenvalue weighted by Gasteiger charge is 2.16. The summed E-state index contributed by atoms with van der Waals surface area (Å²) in [5, 5.41) is 6.78. The molecule has 1 amide bonds. The molecule has 4 aromatic rings. The molecule has 0 saturated heterocycles. The van der Waals surface area contributed by atoms with Crippen molar-refractivity contribution in [3.8, 4) is 5.69 Å². The first-order chi connectivity index (χ1) is 12.6. The number of anilines is 1. The van der Waals surface area contributed by atoms with Crippen LogP contribution in [0.25, 0.3) is 16.7 Å². The van der Waals surface area contributed by atoms with Gasteiger partial charge >= 0.3 is 0 Å². The van der Waals surface area contributed by atoms with E-state index in [9.17, 15) is 9.59 Å². The summed E-state index contributed by atoms with van der Waals surface area (Å²) in [6.07, 6.45) is 0. The Labute approximate surface area is 148 Å². The van der Waals surface area contributed by atoms with E-state index in [0.717, 1.165) is 21.4 Å². The van der Waals surface area contributed by atoms with Gasteiger partial charge in [-0.1, -0.05) is 30.3 Å². The Hall–Kier alpha value is -3.74. The number of para-hydroxylation sites is 3. The first-order valence-corrected chi connectivity index (χ1v) is 8.02. The topological polar surface area (TPSA) is 81.8 Å². The summed E-state index contributed by atoms with van der Waals surface area (Å²) in [5.74, 6) is -0.0499. The molecule has 0 spiro atoms. The lowest BCUT2D eigenvalue weighted by Crippen LogP contribution is -2.24. The lowest BCUT2D eigenvalue weighted by Gasteiger charge is -2.10. The molecule has 0 unspecified atom stereocenters. The van der Waals surface area contributed by atoms with Crippen LogP contribution in [0.1, 0.15) is 10.5 Å². The van der Waals surface area contributed by atoms with E-state index in [2.05, 4.69) is 15.4 Å². The minimum atomic E-state index is -0.437. The van der Waals surface area contributed by atoms with E-state index in [1.54, 1.807) is 0 Å². The standard InChI is InChI=1S/C19H15N5O2/c1-23-17(25)12-11-15(22-23)18(26)21-19-20-14-9-5-6-10-16(14)24(19)13-7-3-2-4-8-13/h2-12H,1H3,(H,20,21,26). The average Bonchev–Trinajstić information content (AvgIpc) is 3.02. The van der Waals surface area contributed by atoms with Gasteiger partial charge in [-0.25, -0.2) is 9.67 Å². The van der Waals surface area contributed by atoms with Crippen LogP contribution in [-0.2, 0) is 7.05 Å². The van der Waals surface area contributed by atoms with Crippen LogP contribution in [0.3, 0.4) is 0 Å². The molecule has 7 nitrogen and oxygen atoms in total. The molecule has 26 heavy (non-hydrogen) atoms. The molecular formula is C19H15N5O2. The van der Waals surface area contributed by atoms with Gasteiger partial charge in [-0.05, 0) is 30.3 Å². The molecule has 0 bridgehead atoms. The van der Waals surface area contributed by atoms with E-state index in [1.807, 2.05) is 59.2 Å². The number of benzene rings is 2. The summed E-state index contributed by atoms with van der Waals surface area (Å²) in [6.45, 7) is 0. The maximum atomic E-state index is 12.6. The Morgan fingerprint density at radius 2 is 1.69 bits per heavy atom. The summed E-state index contributed by atoms with van der Waals surface area (Å²) in [6, 6.07) is 20.0. The Morgan fingerprint density at radius 3 is 2.46 bits per heavy atom. The van der Waals surface area contributed by atoms with Gasteiger partial charge in [0, 0.05) is 18.8 Å². The predicted molar refractivity (Wildman–Crippen MR) is 98.5 cm³/mol. The second kappa shape index (κ2) is 6.29. The molecule has 128 valence electrons. The molecule has 0 atom stereocenters. The number of amides is 1. The largest absolute Gasteiger partial charge is 0.290 e. The molecule has 2 aromatic heterocycles. The first-order valence-electron chi connectivity index (χ1n) is 8.02. The normalized spacial score (nSPS) is 10.8. The SMILES string of the molecule is Cn1nc(C(=O)Nc2nc3ccccc3n2-c2ccccc2)ccc1=O. The Bertz CT molecular complexity index is 1160. The molecule has 0 saturated carbocycles.